The van der Waals surface area contributed by atoms with Crippen LogP contribution in [0.5, 0.6) is 0 Å². The van der Waals surface area contributed by atoms with Crippen LogP contribution in [-0.4, -0.2) is 22.4 Å². The summed E-state index contributed by atoms with van der Waals surface area (Å²) in [5, 5.41) is 9.94. The van der Waals surface area contributed by atoms with Gasteiger partial charge in [-0.15, -0.1) is 0 Å². The average molecular weight is 280 g/mol. The van der Waals surface area contributed by atoms with Crippen LogP contribution in [0.15, 0.2) is 24.3 Å². The summed E-state index contributed by atoms with van der Waals surface area (Å²) in [6.07, 6.45) is 0. The topological polar surface area (TPSA) is 128 Å². The Balaban J connectivity index is 0.000000441. The van der Waals surface area contributed by atoms with E-state index in [9.17, 15) is 14.9 Å². The van der Waals surface area contributed by atoms with Crippen molar-refractivity contribution in [3.8, 4) is 0 Å². The van der Waals surface area contributed by atoms with E-state index in [4.69, 9.17) is 11.5 Å². The van der Waals surface area contributed by atoms with Gasteiger partial charge < -0.3 is 16.5 Å². The Morgan fingerprint density at radius 3 is 2.30 bits per heavy atom. The highest BCUT2D eigenvalue weighted by atomic mass is 16.6. The summed E-state index contributed by atoms with van der Waals surface area (Å²) in [6.45, 7) is 5.53. The number of nitrogens with two attached hydrogens (primary N) is 2. The average Bonchev–Trinajstić information content (AvgIpc) is 2.77. The van der Waals surface area contributed by atoms with Crippen molar-refractivity contribution in [1.82, 2.24) is 4.98 Å². The van der Waals surface area contributed by atoms with Crippen LogP contribution in [0.4, 0.5) is 5.82 Å². The van der Waals surface area contributed by atoms with Gasteiger partial charge in [0.05, 0.1) is 5.56 Å². The lowest BCUT2D eigenvalue weighted by molar-refractivity contribution is -0.475. The molecule has 2 aromatic rings. The lowest BCUT2D eigenvalue weighted by Crippen LogP contribution is -2.12. The van der Waals surface area contributed by atoms with Crippen LogP contribution in [0.1, 0.15) is 31.1 Å². The number of benzene rings is 1. The van der Waals surface area contributed by atoms with Crippen LogP contribution in [0.25, 0.3) is 10.9 Å². The maximum absolute atomic E-state index is 11.0. The first-order valence-corrected chi connectivity index (χ1v) is 6.25. The second kappa shape index (κ2) is 8.52. The number of carbonyl (C=O) groups excluding carboxylic acids is 1. The molecule has 0 bridgehead atoms. The number of rotatable bonds is 2. The molecular formula is C13H20N4O3. The fraction of sp³-hybridized carbons (Fsp3) is 0.308. The van der Waals surface area contributed by atoms with Crippen molar-refractivity contribution in [2.45, 2.75) is 20.8 Å². The van der Waals surface area contributed by atoms with Gasteiger partial charge in [-0.05, 0) is 6.07 Å². The molecule has 0 radical (unpaired) electrons. The number of H-pyrrole nitrogens is 1. The minimum Gasteiger partial charge on any atom is -0.385 e. The zero-order valence-electron chi connectivity index (χ0n) is 11.8. The van der Waals surface area contributed by atoms with E-state index < -0.39 is 5.91 Å². The number of carbonyl (C=O) groups is 1. The molecule has 0 aliphatic heterocycles. The number of para-hydroxylation sites is 1. The van der Waals surface area contributed by atoms with E-state index in [-0.39, 0.29) is 11.5 Å². The maximum Gasteiger partial charge on any atom is 0.253 e. The highest BCUT2D eigenvalue weighted by Crippen LogP contribution is 2.22. The molecule has 0 unspecified atom stereocenters. The van der Waals surface area contributed by atoms with Crippen LogP contribution in [-0.2, 0) is 0 Å². The Morgan fingerprint density at radius 1 is 1.35 bits per heavy atom. The van der Waals surface area contributed by atoms with Crippen LogP contribution >= 0.6 is 0 Å². The fourth-order valence-corrected chi connectivity index (χ4v) is 1.43. The van der Waals surface area contributed by atoms with Crippen molar-refractivity contribution in [2.75, 3.05) is 12.3 Å². The Hall–Kier alpha value is -2.57. The quantitative estimate of drug-likeness (QED) is 0.575. The first kappa shape index (κ1) is 17.4. The molecule has 7 heteroatoms. The molecular weight excluding hydrogens is 260 g/mol. The van der Waals surface area contributed by atoms with Crippen LogP contribution in [0.3, 0.4) is 0 Å². The number of nitro groups is 1. The van der Waals surface area contributed by atoms with Crippen molar-refractivity contribution in [3.63, 3.8) is 0 Å². The third-order valence-corrected chi connectivity index (χ3v) is 2.24. The van der Waals surface area contributed by atoms with Crippen molar-refractivity contribution in [3.05, 3.63) is 39.9 Å². The van der Waals surface area contributed by atoms with Gasteiger partial charge in [0.1, 0.15) is 5.82 Å². The molecule has 1 aromatic heterocycles. The zero-order valence-corrected chi connectivity index (χ0v) is 11.8. The molecule has 5 N–H and O–H groups in total. The van der Waals surface area contributed by atoms with E-state index in [0.717, 1.165) is 10.9 Å². The minimum atomic E-state index is -0.505. The zero-order chi connectivity index (χ0) is 15.7. The van der Waals surface area contributed by atoms with E-state index in [1.165, 1.54) is 6.92 Å². The number of amides is 1. The van der Waals surface area contributed by atoms with Gasteiger partial charge in [-0.3, -0.25) is 14.9 Å². The predicted molar refractivity (Wildman–Crippen MR) is 80.1 cm³/mol. The normalized spacial score (nSPS) is 8.95. The molecule has 7 nitrogen and oxygen atoms in total. The summed E-state index contributed by atoms with van der Waals surface area (Å²) < 4.78 is 0. The molecule has 1 heterocycles. The van der Waals surface area contributed by atoms with Gasteiger partial charge >= 0.3 is 0 Å². The second-order valence-electron chi connectivity index (χ2n) is 3.47. The van der Waals surface area contributed by atoms with Crippen molar-refractivity contribution >= 4 is 22.6 Å². The summed E-state index contributed by atoms with van der Waals surface area (Å²) in [6, 6.07) is 7.35. The van der Waals surface area contributed by atoms with E-state index in [0.29, 0.717) is 11.4 Å². The molecule has 2 rings (SSSR count). The molecule has 1 amide bonds. The molecule has 110 valence electrons. The SMILES string of the molecule is CC.CC[N+](=O)[O-].NC(=O)c1c(N)[nH]c2ccccc12. The molecule has 0 saturated heterocycles. The number of anilines is 1. The smallest absolute Gasteiger partial charge is 0.253 e. The molecule has 0 aliphatic carbocycles. The standard InChI is InChI=1S/C9H9N3O.C2H5NO2.C2H6/c10-8-7(9(11)13)5-3-1-2-4-6(5)12-8;1-2-3(4)5;1-2/h1-4,12H,10H2,(H2,11,13);2H2,1H3;1-2H3. The highest BCUT2D eigenvalue weighted by Gasteiger charge is 2.12. The van der Waals surface area contributed by atoms with Crippen molar-refractivity contribution in [2.24, 2.45) is 5.73 Å². The third kappa shape index (κ3) is 4.60. The Labute approximate surface area is 117 Å². The van der Waals surface area contributed by atoms with Gasteiger partial charge in [0.2, 0.25) is 6.54 Å². The number of hydrogen-bond donors (Lipinski definition) is 3. The molecule has 0 spiro atoms. The summed E-state index contributed by atoms with van der Waals surface area (Å²) in [5.74, 6) is -0.177. The largest absolute Gasteiger partial charge is 0.385 e. The molecule has 0 aliphatic rings. The van der Waals surface area contributed by atoms with Gasteiger partial charge in [0.15, 0.2) is 0 Å². The van der Waals surface area contributed by atoms with Gasteiger partial charge in [-0.2, -0.15) is 0 Å². The Morgan fingerprint density at radius 2 is 1.85 bits per heavy atom. The number of primary amides is 1. The van der Waals surface area contributed by atoms with Crippen molar-refractivity contribution in [1.29, 1.82) is 0 Å². The number of fused-ring (bicyclic) bond motifs is 1. The van der Waals surface area contributed by atoms with E-state index in [1.54, 1.807) is 0 Å². The predicted octanol–water partition coefficient (Wildman–Crippen LogP) is 2.16. The Kier molecular flexibility index (Phi) is 7.42. The number of nitrogens with one attached hydrogen (secondary N) is 1. The summed E-state index contributed by atoms with van der Waals surface area (Å²) in [5.41, 5.74) is 12.0. The minimum absolute atomic E-state index is 0.0278. The third-order valence-electron chi connectivity index (χ3n) is 2.24. The van der Waals surface area contributed by atoms with E-state index >= 15 is 0 Å². The van der Waals surface area contributed by atoms with Gasteiger partial charge in [0, 0.05) is 22.7 Å². The van der Waals surface area contributed by atoms with Crippen molar-refractivity contribution < 1.29 is 9.72 Å². The molecule has 0 atom stereocenters. The fourth-order valence-electron chi connectivity index (χ4n) is 1.43. The molecule has 1 aromatic carbocycles. The number of nitrogen functional groups attached to an aromatic ring is 1. The highest BCUT2D eigenvalue weighted by molar-refractivity contribution is 6.10. The monoisotopic (exact) mass is 280 g/mol. The number of nitrogens with zero attached hydrogens (tertiary/aromatic N) is 1. The number of aromatic nitrogens is 1. The van der Waals surface area contributed by atoms with Crippen LogP contribution in [0, 0.1) is 10.1 Å². The number of hydrogen-bond acceptors (Lipinski definition) is 4. The van der Waals surface area contributed by atoms with Gasteiger partial charge in [-0.1, -0.05) is 32.0 Å². The molecule has 20 heavy (non-hydrogen) atoms. The van der Waals surface area contributed by atoms with Gasteiger partial charge in [0.25, 0.3) is 5.91 Å². The summed E-state index contributed by atoms with van der Waals surface area (Å²) in [4.78, 5) is 22.7. The lowest BCUT2D eigenvalue weighted by atomic mass is 10.1. The molecule has 0 saturated carbocycles. The van der Waals surface area contributed by atoms with E-state index in [2.05, 4.69) is 4.98 Å². The first-order valence-electron chi connectivity index (χ1n) is 6.25. The van der Waals surface area contributed by atoms with Gasteiger partial charge in [-0.25, -0.2) is 0 Å². The molecule has 0 fully saturated rings. The lowest BCUT2D eigenvalue weighted by Gasteiger charge is -1.92. The summed E-state index contributed by atoms with van der Waals surface area (Å²) in [7, 11) is 0. The van der Waals surface area contributed by atoms with Crippen LogP contribution in [0.2, 0.25) is 0 Å². The maximum atomic E-state index is 11.0. The number of aromatic amines is 1. The Bertz CT molecular complexity index is 578. The second-order valence-corrected chi connectivity index (χ2v) is 3.47. The summed E-state index contributed by atoms with van der Waals surface area (Å²) >= 11 is 0. The van der Waals surface area contributed by atoms with Crippen LogP contribution < -0.4 is 11.5 Å². The van der Waals surface area contributed by atoms with E-state index in [1.807, 2.05) is 38.1 Å². The first-order chi connectivity index (χ1) is 9.47.